The van der Waals surface area contributed by atoms with Crippen LogP contribution in [0, 0.1) is 6.92 Å². The summed E-state index contributed by atoms with van der Waals surface area (Å²) in [6.45, 7) is 5.87. The van der Waals surface area contributed by atoms with Crippen molar-refractivity contribution in [1.29, 1.82) is 0 Å². The van der Waals surface area contributed by atoms with Crippen molar-refractivity contribution in [2.75, 3.05) is 0 Å². The molecule has 0 saturated carbocycles. The molecule has 1 nitrogen and oxygen atoms in total. The zero-order valence-corrected chi connectivity index (χ0v) is 5.59. The van der Waals surface area contributed by atoms with Gasteiger partial charge in [-0.25, -0.2) is 0 Å². The molecule has 0 aliphatic carbocycles. The van der Waals surface area contributed by atoms with Crippen LogP contribution >= 0.6 is 0 Å². The molecule has 0 bridgehead atoms. The van der Waals surface area contributed by atoms with E-state index in [2.05, 4.69) is 18.8 Å². The van der Waals surface area contributed by atoms with Crippen LogP contribution in [-0.4, -0.2) is 4.98 Å². The largest absolute Gasteiger partial charge is 0.264 e. The summed E-state index contributed by atoms with van der Waals surface area (Å²) in [5.41, 5.74) is 2.25. The third-order valence-corrected chi connectivity index (χ3v) is 1.26. The van der Waals surface area contributed by atoms with E-state index in [0.717, 1.165) is 12.0 Å². The maximum absolute atomic E-state index is 3.99. The highest BCUT2D eigenvalue weighted by Gasteiger charge is 1.87. The van der Waals surface area contributed by atoms with Crippen molar-refractivity contribution in [2.24, 2.45) is 0 Å². The van der Waals surface area contributed by atoms with Crippen LogP contribution in [0.1, 0.15) is 18.1 Å². The fourth-order valence-electron chi connectivity index (χ4n) is 0.735. The summed E-state index contributed by atoms with van der Waals surface area (Å²) in [6, 6.07) is 2.05. The van der Waals surface area contributed by atoms with Crippen molar-refractivity contribution in [2.45, 2.75) is 13.3 Å². The molecule has 0 amide bonds. The Bertz CT molecular complexity index is 194. The van der Waals surface area contributed by atoms with Crippen LogP contribution in [0.2, 0.25) is 0 Å². The molecular weight excluding hydrogens is 110 g/mol. The highest BCUT2D eigenvalue weighted by Crippen LogP contribution is 2.00. The Morgan fingerprint density at radius 2 is 2.33 bits per heavy atom. The summed E-state index contributed by atoms with van der Waals surface area (Å²) in [4.78, 5) is 3.99. The number of pyridine rings is 1. The molecular formula is C8H10N. The third kappa shape index (κ3) is 1.53. The average molecular weight is 120 g/mol. The van der Waals surface area contributed by atoms with Gasteiger partial charge in [0.15, 0.2) is 0 Å². The Hall–Kier alpha value is -0.850. The minimum absolute atomic E-state index is 0.995. The zero-order chi connectivity index (χ0) is 6.69. The molecule has 1 aromatic rings. The summed E-state index contributed by atoms with van der Waals surface area (Å²) in [5, 5.41) is 0. The minimum atomic E-state index is 0.995. The molecule has 0 aromatic carbocycles. The Balaban J connectivity index is 2.94. The fourth-order valence-corrected chi connectivity index (χ4v) is 0.735. The van der Waals surface area contributed by atoms with Crippen molar-refractivity contribution >= 4 is 0 Å². The van der Waals surface area contributed by atoms with Gasteiger partial charge in [-0.1, -0.05) is 13.0 Å². The Morgan fingerprint density at radius 1 is 1.56 bits per heavy atom. The molecule has 0 unspecified atom stereocenters. The first-order valence-electron chi connectivity index (χ1n) is 3.09. The lowest BCUT2D eigenvalue weighted by atomic mass is 10.2. The van der Waals surface area contributed by atoms with E-state index in [1.165, 1.54) is 5.56 Å². The standard InChI is InChI=1S/C8H10N/c1-3-8-4-7(2)5-9-6-8/h4-6H,2-3H2,1H3. The first-order chi connectivity index (χ1) is 4.33. The Labute approximate surface area is 55.7 Å². The third-order valence-electron chi connectivity index (χ3n) is 1.26. The van der Waals surface area contributed by atoms with Crippen LogP contribution < -0.4 is 0 Å². The van der Waals surface area contributed by atoms with Crippen molar-refractivity contribution in [1.82, 2.24) is 4.98 Å². The van der Waals surface area contributed by atoms with Crippen LogP contribution in [0.25, 0.3) is 0 Å². The summed E-state index contributed by atoms with van der Waals surface area (Å²) in [5.74, 6) is 0. The van der Waals surface area contributed by atoms with E-state index in [1.54, 1.807) is 6.20 Å². The molecule has 1 aromatic heterocycles. The molecule has 0 fully saturated rings. The second-order valence-corrected chi connectivity index (χ2v) is 2.05. The zero-order valence-electron chi connectivity index (χ0n) is 5.59. The van der Waals surface area contributed by atoms with Crippen LogP contribution in [0.4, 0.5) is 0 Å². The lowest BCUT2D eigenvalue weighted by molar-refractivity contribution is 1.10. The quantitative estimate of drug-likeness (QED) is 0.551. The van der Waals surface area contributed by atoms with E-state index < -0.39 is 0 Å². The van der Waals surface area contributed by atoms with Gasteiger partial charge >= 0.3 is 0 Å². The van der Waals surface area contributed by atoms with Gasteiger partial charge in [-0.3, -0.25) is 4.98 Å². The van der Waals surface area contributed by atoms with E-state index in [-0.39, 0.29) is 0 Å². The van der Waals surface area contributed by atoms with Crippen molar-refractivity contribution in [3.8, 4) is 0 Å². The van der Waals surface area contributed by atoms with E-state index in [9.17, 15) is 0 Å². The molecule has 0 aliphatic rings. The number of hydrogen-bond acceptors (Lipinski definition) is 1. The Kier molecular flexibility index (Phi) is 1.83. The van der Waals surface area contributed by atoms with Crippen LogP contribution in [0.3, 0.4) is 0 Å². The van der Waals surface area contributed by atoms with Crippen molar-refractivity contribution < 1.29 is 0 Å². The highest BCUT2D eigenvalue weighted by molar-refractivity contribution is 5.19. The lowest BCUT2D eigenvalue weighted by Crippen LogP contribution is -1.82. The molecule has 0 spiro atoms. The average Bonchev–Trinajstić information content (AvgIpc) is 1.88. The van der Waals surface area contributed by atoms with Crippen molar-refractivity contribution in [3.05, 3.63) is 36.5 Å². The molecule has 0 saturated heterocycles. The second kappa shape index (κ2) is 2.62. The maximum atomic E-state index is 3.99. The van der Waals surface area contributed by atoms with Gasteiger partial charge in [0.05, 0.1) is 0 Å². The summed E-state index contributed by atoms with van der Waals surface area (Å²) in [7, 11) is 0. The maximum Gasteiger partial charge on any atom is 0.0300 e. The number of nitrogens with zero attached hydrogens (tertiary/aromatic N) is 1. The Morgan fingerprint density at radius 3 is 2.78 bits per heavy atom. The molecule has 0 atom stereocenters. The van der Waals surface area contributed by atoms with E-state index >= 15 is 0 Å². The monoisotopic (exact) mass is 120 g/mol. The first-order valence-corrected chi connectivity index (χ1v) is 3.09. The van der Waals surface area contributed by atoms with Gasteiger partial charge in [-0.2, -0.15) is 0 Å². The van der Waals surface area contributed by atoms with Gasteiger partial charge in [0.1, 0.15) is 0 Å². The van der Waals surface area contributed by atoms with Gasteiger partial charge in [-0.15, -0.1) is 0 Å². The number of rotatable bonds is 1. The van der Waals surface area contributed by atoms with E-state index in [4.69, 9.17) is 0 Å². The SMILES string of the molecule is [CH2]c1cncc(CC)c1. The molecule has 0 N–H and O–H groups in total. The van der Waals surface area contributed by atoms with E-state index in [1.807, 2.05) is 12.3 Å². The van der Waals surface area contributed by atoms with Gasteiger partial charge in [0, 0.05) is 12.4 Å². The molecule has 1 heteroatoms. The summed E-state index contributed by atoms with van der Waals surface area (Å²) < 4.78 is 0. The van der Waals surface area contributed by atoms with Gasteiger partial charge in [0.25, 0.3) is 0 Å². The van der Waals surface area contributed by atoms with Crippen LogP contribution in [0.15, 0.2) is 18.5 Å². The number of aryl methyl sites for hydroxylation is 1. The molecule has 47 valence electrons. The normalized spacial score (nSPS) is 9.56. The lowest BCUT2D eigenvalue weighted by Gasteiger charge is -1.94. The smallest absolute Gasteiger partial charge is 0.0300 e. The number of aromatic nitrogens is 1. The topological polar surface area (TPSA) is 12.9 Å². The first kappa shape index (κ1) is 6.27. The molecule has 9 heavy (non-hydrogen) atoms. The second-order valence-electron chi connectivity index (χ2n) is 2.05. The predicted octanol–water partition coefficient (Wildman–Crippen LogP) is 1.83. The summed E-state index contributed by atoms with van der Waals surface area (Å²) in [6.07, 6.45) is 4.67. The van der Waals surface area contributed by atoms with Gasteiger partial charge in [-0.05, 0) is 24.5 Å². The van der Waals surface area contributed by atoms with Crippen LogP contribution in [0.5, 0.6) is 0 Å². The molecule has 1 heterocycles. The number of hydrogen-bond donors (Lipinski definition) is 0. The van der Waals surface area contributed by atoms with Crippen LogP contribution in [-0.2, 0) is 6.42 Å². The molecule has 0 aliphatic heterocycles. The van der Waals surface area contributed by atoms with Gasteiger partial charge in [0.2, 0.25) is 0 Å². The fraction of sp³-hybridized carbons (Fsp3) is 0.250. The van der Waals surface area contributed by atoms with E-state index in [0.29, 0.717) is 0 Å². The molecule has 1 rings (SSSR count). The van der Waals surface area contributed by atoms with Gasteiger partial charge < -0.3 is 0 Å². The highest BCUT2D eigenvalue weighted by atomic mass is 14.6. The molecule has 1 radical (unpaired) electrons. The minimum Gasteiger partial charge on any atom is -0.264 e. The predicted molar refractivity (Wildman–Crippen MR) is 38.1 cm³/mol. The van der Waals surface area contributed by atoms with Crippen molar-refractivity contribution in [3.63, 3.8) is 0 Å². The summed E-state index contributed by atoms with van der Waals surface area (Å²) >= 11 is 0.